The fourth-order valence-corrected chi connectivity index (χ4v) is 1.41. The molecule has 0 bridgehead atoms. The predicted molar refractivity (Wildman–Crippen MR) is 57.1 cm³/mol. The molecule has 0 atom stereocenters. The van der Waals surface area contributed by atoms with Crippen LogP contribution in [0, 0.1) is 5.82 Å². The number of halogens is 3. The van der Waals surface area contributed by atoms with Crippen LogP contribution in [-0.2, 0) is 0 Å². The average molecular weight is 263 g/mol. The lowest BCUT2D eigenvalue weighted by Crippen LogP contribution is -2.37. The first-order valence-corrected chi connectivity index (χ1v) is 5.12. The van der Waals surface area contributed by atoms with Gasteiger partial charge < -0.3 is 15.1 Å². The Balaban J connectivity index is 2.97. The maximum atomic E-state index is 12.9. The summed E-state index contributed by atoms with van der Waals surface area (Å²) in [5, 5.41) is 18.1. The number of nitrogens with zero attached hydrogens (tertiary/aromatic N) is 1. The second-order valence-corrected chi connectivity index (χ2v) is 3.53. The molecule has 0 fully saturated rings. The number of carbonyl (C=O) groups excluding carboxylic acids is 1. The molecule has 1 rings (SSSR count). The summed E-state index contributed by atoms with van der Waals surface area (Å²) in [5.74, 6) is -2.22. The van der Waals surface area contributed by atoms with E-state index in [1.807, 2.05) is 0 Å². The van der Waals surface area contributed by atoms with Gasteiger partial charge in [-0.1, -0.05) is 0 Å². The highest BCUT2D eigenvalue weighted by Gasteiger charge is 2.22. The monoisotopic (exact) mass is 263 g/mol. The first-order chi connectivity index (χ1) is 8.45. The molecule has 1 amide bonds. The molecular formula is C11H12F3NO3. The summed E-state index contributed by atoms with van der Waals surface area (Å²) in [4.78, 5) is 12.5. The molecule has 7 heteroatoms. The van der Waals surface area contributed by atoms with E-state index in [9.17, 15) is 23.1 Å². The Morgan fingerprint density at radius 2 is 2.06 bits per heavy atom. The molecule has 0 heterocycles. The third-order valence-corrected chi connectivity index (χ3v) is 2.20. The topological polar surface area (TPSA) is 60.8 Å². The van der Waals surface area contributed by atoms with E-state index in [2.05, 4.69) is 0 Å². The Kier molecular flexibility index (Phi) is 4.96. The quantitative estimate of drug-likeness (QED) is 0.840. The van der Waals surface area contributed by atoms with Gasteiger partial charge in [-0.15, -0.1) is 0 Å². The van der Waals surface area contributed by atoms with Gasteiger partial charge in [-0.3, -0.25) is 4.79 Å². The van der Waals surface area contributed by atoms with Crippen LogP contribution in [0.4, 0.5) is 13.2 Å². The van der Waals surface area contributed by atoms with Crippen molar-refractivity contribution in [3.05, 3.63) is 29.6 Å². The maximum absolute atomic E-state index is 12.9. The number of aliphatic hydroxyl groups is 1. The molecular weight excluding hydrogens is 251 g/mol. The fourth-order valence-electron chi connectivity index (χ4n) is 1.41. The van der Waals surface area contributed by atoms with Crippen LogP contribution in [0.5, 0.6) is 5.75 Å². The average Bonchev–Trinajstić information content (AvgIpc) is 2.30. The molecule has 1 aromatic carbocycles. The highest BCUT2D eigenvalue weighted by molar-refractivity contribution is 5.96. The van der Waals surface area contributed by atoms with E-state index in [4.69, 9.17) is 5.11 Å². The van der Waals surface area contributed by atoms with Gasteiger partial charge in [0.2, 0.25) is 0 Å². The van der Waals surface area contributed by atoms with Gasteiger partial charge in [0, 0.05) is 6.54 Å². The summed E-state index contributed by atoms with van der Waals surface area (Å²) in [6.45, 7) is -1.72. The summed E-state index contributed by atoms with van der Waals surface area (Å²) in [6.07, 6.45) is -2.78. The number of carbonyl (C=O) groups is 1. The first-order valence-electron chi connectivity index (χ1n) is 5.12. The smallest absolute Gasteiger partial charge is 0.257 e. The van der Waals surface area contributed by atoms with E-state index in [0.29, 0.717) is 4.90 Å². The highest BCUT2D eigenvalue weighted by Crippen LogP contribution is 2.20. The molecule has 0 saturated carbocycles. The van der Waals surface area contributed by atoms with Gasteiger partial charge in [0.15, 0.2) is 0 Å². The highest BCUT2D eigenvalue weighted by atomic mass is 19.3. The van der Waals surface area contributed by atoms with E-state index in [1.54, 1.807) is 0 Å². The molecule has 0 spiro atoms. The SMILES string of the molecule is O=C(c1cc(F)ccc1O)N(CCO)CC(F)F. The van der Waals surface area contributed by atoms with Gasteiger partial charge >= 0.3 is 0 Å². The Morgan fingerprint density at radius 1 is 1.39 bits per heavy atom. The largest absolute Gasteiger partial charge is 0.507 e. The minimum atomic E-state index is -2.78. The number of aromatic hydroxyl groups is 1. The summed E-state index contributed by atoms with van der Waals surface area (Å²) >= 11 is 0. The van der Waals surface area contributed by atoms with Gasteiger partial charge in [0.1, 0.15) is 11.6 Å². The summed E-state index contributed by atoms with van der Waals surface area (Å²) in [5.41, 5.74) is -0.413. The lowest BCUT2D eigenvalue weighted by Gasteiger charge is -2.21. The second kappa shape index (κ2) is 6.25. The fraction of sp³-hybridized carbons (Fsp3) is 0.364. The molecule has 0 aliphatic carbocycles. The lowest BCUT2D eigenvalue weighted by atomic mass is 10.1. The standard InChI is InChI=1S/C11H12F3NO3/c12-7-1-2-9(17)8(5-7)11(18)15(3-4-16)6-10(13)14/h1-2,5,10,16-17H,3-4,6H2. The predicted octanol–water partition coefficient (Wildman–Crippen LogP) is 1.23. The van der Waals surface area contributed by atoms with Crippen molar-refractivity contribution in [2.75, 3.05) is 19.7 Å². The second-order valence-electron chi connectivity index (χ2n) is 3.53. The van der Waals surface area contributed by atoms with Crippen molar-refractivity contribution in [2.45, 2.75) is 6.43 Å². The van der Waals surface area contributed by atoms with Crippen molar-refractivity contribution in [1.29, 1.82) is 0 Å². The maximum Gasteiger partial charge on any atom is 0.257 e. The molecule has 18 heavy (non-hydrogen) atoms. The van der Waals surface area contributed by atoms with Crippen LogP contribution < -0.4 is 0 Å². The molecule has 1 aromatic rings. The zero-order chi connectivity index (χ0) is 13.7. The Labute approximate surface area is 101 Å². The van der Waals surface area contributed by atoms with Crippen LogP contribution in [0.1, 0.15) is 10.4 Å². The summed E-state index contributed by atoms with van der Waals surface area (Å²) < 4.78 is 37.4. The zero-order valence-corrected chi connectivity index (χ0v) is 9.31. The van der Waals surface area contributed by atoms with E-state index < -0.39 is 42.6 Å². The minimum Gasteiger partial charge on any atom is -0.507 e. The number of amides is 1. The zero-order valence-electron chi connectivity index (χ0n) is 9.31. The molecule has 100 valence electrons. The molecule has 4 nitrogen and oxygen atoms in total. The van der Waals surface area contributed by atoms with Crippen LogP contribution in [0.25, 0.3) is 0 Å². The number of phenolic OH excluding ortho intramolecular Hbond substituents is 1. The van der Waals surface area contributed by atoms with E-state index >= 15 is 0 Å². The number of alkyl halides is 2. The number of aliphatic hydroxyl groups excluding tert-OH is 1. The van der Waals surface area contributed by atoms with Crippen molar-refractivity contribution in [3.8, 4) is 5.75 Å². The Bertz CT molecular complexity index is 426. The van der Waals surface area contributed by atoms with Crippen molar-refractivity contribution in [3.63, 3.8) is 0 Å². The number of phenols is 1. The van der Waals surface area contributed by atoms with Crippen LogP contribution in [-0.4, -0.2) is 47.1 Å². The van der Waals surface area contributed by atoms with E-state index in [1.165, 1.54) is 0 Å². The van der Waals surface area contributed by atoms with Crippen molar-refractivity contribution in [2.24, 2.45) is 0 Å². The van der Waals surface area contributed by atoms with Gasteiger partial charge in [-0.2, -0.15) is 0 Å². The molecule has 0 aromatic heterocycles. The van der Waals surface area contributed by atoms with Crippen LogP contribution >= 0.6 is 0 Å². The van der Waals surface area contributed by atoms with Gasteiger partial charge in [-0.25, -0.2) is 13.2 Å². The molecule has 0 unspecified atom stereocenters. The Hall–Kier alpha value is -1.76. The van der Waals surface area contributed by atoms with Gasteiger partial charge in [-0.05, 0) is 18.2 Å². The third-order valence-electron chi connectivity index (χ3n) is 2.20. The summed E-state index contributed by atoms with van der Waals surface area (Å²) in [6, 6.07) is 2.66. The van der Waals surface area contributed by atoms with Crippen molar-refractivity contribution < 1.29 is 28.2 Å². The van der Waals surface area contributed by atoms with Crippen molar-refractivity contribution in [1.82, 2.24) is 4.90 Å². The first kappa shape index (κ1) is 14.3. The normalized spacial score (nSPS) is 10.7. The lowest BCUT2D eigenvalue weighted by molar-refractivity contribution is 0.0506. The number of benzene rings is 1. The Morgan fingerprint density at radius 3 is 2.61 bits per heavy atom. The number of rotatable bonds is 5. The van der Waals surface area contributed by atoms with E-state index in [-0.39, 0.29) is 6.54 Å². The number of hydrogen-bond acceptors (Lipinski definition) is 3. The minimum absolute atomic E-state index is 0.320. The van der Waals surface area contributed by atoms with Crippen LogP contribution in [0.2, 0.25) is 0 Å². The van der Waals surface area contributed by atoms with E-state index in [0.717, 1.165) is 18.2 Å². The van der Waals surface area contributed by atoms with Crippen molar-refractivity contribution >= 4 is 5.91 Å². The molecule has 0 saturated heterocycles. The molecule has 0 aliphatic heterocycles. The molecule has 2 N–H and O–H groups in total. The summed E-state index contributed by atoms with van der Waals surface area (Å²) in [7, 11) is 0. The number of hydrogen-bond donors (Lipinski definition) is 2. The van der Waals surface area contributed by atoms with Crippen LogP contribution in [0.3, 0.4) is 0 Å². The molecule has 0 radical (unpaired) electrons. The van der Waals surface area contributed by atoms with Crippen LogP contribution in [0.15, 0.2) is 18.2 Å². The third kappa shape index (κ3) is 3.63. The van der Waals surface area contributed by atoms with Gasteiger partial charge in [0.25, 0.3) is 12.3 Å². The van der Waals surface area contributed by atoms with Gasteiger partial charge in [0.05, 0.1) is 18.7 Å². The molecule has 0 aliphatic rings.